The Hall–Kier alpha value is -1.97. The van der Waals surface area contributed by atoms with Crippen LogP contribution in [0.5, 0.6) is 0 Å². The number of nitrogens with zero attached hydrogens (tertiary/aromatic N) is 1. The van der Waals surface area contributed by atoms with Crippen LogP contribution >= 0.6 is 0 Å². The van der Waals surface area contributed by atoms with E-state index in [4.69, 9.17) is 0 Å². The van der Waals surface area contributed by atoms with E-state index in [0.29, 0.717) is 0 Å². The third-order valence-corrected chi connectivity index (χ3v) is 3.39. The topological polar surface area (TPSA) is 52.8 Å². The zero-order valence-electron chi connectivity index (χ0n) is 10.5. The molecule has 0 amide bonds. The van der Waals surface area contributed by atoms with Gasteiger partial charge in [0.05, 0.1) is 25.0 Å². The predicted octanol–water partition coefficient (Wildman–Crippen LogP) is 1.86. The first-order chi connectivity index (χ1) is 9.35. The van der Waals surface area contributed by atoms with Crippen LogP contribution in [0.3, 0.4) is 0 Å². The van der Waals surface area contributed by atoms with Crippen molar-refractivity contribution in [2.75, 3.05) is 13.2 Å². The Morgan fingerprint density at radius 1 is 0.737 bits per heavy atom. The summed E-state index contributed by atoms with van der Waals surface area (Å²) < 4.78 is 0. The molecule has 96 valence electrons. The fourth-order valence-electron chi connectivity index (χ4n) is 2.46. The van der Waals surface area contributed by atoms with E-state index in [0.717, 1.165) is 28.0 Å². The van der Waals surface area contributed by atoms with Crippen LogP contribution in [0.2, 0.25) is 0 Å². The fraction of sp³-hybridized carbons (Fsp3) is 0.188. The van der Waals surface area contributed by atoms with Crippen molar-refractivity contribution in [2.45, 2.75) is 6.04 Å². The maximum Gasteiger partial charge on any atom is 0.0968 e. The molecule has 0 spiro atoms. The molecule has 3 heteroatoms. The Morgan fingerprint density at radius 3 is 1.58 bits per heavy atom. The van der Waals surface area contributed by atoms with Gasteiger partial charge in [-0.25, -0.2) is 0 Å². The maximum absolute atomic E-state index is 9.22. The van der Waals surface area contributed by atoms with Crippen molar-refractivity contribution in [3.63, 3.8) is 0 Å². The van der Waals surface area contributed by atoms with E-state index >= 15 is 0 Å². The van der Waals surface area contributed by atoms with Crippen LogP contribution in [0, 0.1) is 0 Å². The third-order valence-electron chi connectivity index (χ3n) is 3.39. The standard InChI is InChI=1S/C16H15NO2/c18-9-11(10-19)17-16-14-7-3-1-5-12(14)13-6-2-4-8-15(13)16/h1-8,11,18-19H,9-10H2. The molecule has 0 heterocycles. The lowest BCUT2D eigenvalue weighted by atomic mass is 10.1. The van der Waals surface area contributed by atoms with Crippen LogP contribution in [0.25, 0.3) is 11.1 Å². The van der Waals surface area contributed by atoms with E-state index in [1.807, 2.05) is 36.4 Å². The van der Waals surface area contributed by atoms with Crippen molar-refractivity contribution in [1.29, 1.82) is 0 Å². The molecule has 3 rings (SSSR count). The molecule has 3 nitrogen and oxygen atoms in total. The minimum absolute atomic E-state index is 0.148. The van der Waals surface area contributed by atoms with Crippen LogP contribution in [0.4, 0.5) is 0 Å². The maximum atomic E-state index is 9.22. The van der Waals surface area contributed by atoms with Gasteiger partial charge < -0.3 is 10.2 Å². The summed E-state index contributed by atoms with van der Waals surface area (Å²) in [4.78, 5) is 4.51. The van der Waals surface area contributed by atoms with Gasteiger partial charge in [-0.1, -0.05) is 48.5 Å². The van der Waals surface area contributed by atoms with Crippen molar-refractivity contribution >= 4 is 5.71 Å². The van der Waals surface area contributed by atoms with Crippen molar-refractivity contribution in [1.82, 2.24) is 0 Å². The highest BCUT2D eigenvalue weighted by atomic mass is 16.3. The molecule has 0 unspecified atom stereocenters. The summed E-state index contributed by atoms with van der Waals surface area (Å²) in [5.41, 5.74) is 5.31. The predicted molar refractivity (Wildman–Crippen MR) is 75.5 cm³/mol. The van der Waals surface area contributed by atoms with E-state index < -0.39 is 6.04 Å². The second kappa shape index (κ2) is 4.96. The average Bonchev–Trinajstić information content (AvgIpc) is 2.79. The number of rotatable bonds is 3. The summed E-state index contributed by atoms with van der Waals surface area (Å²) in [6.45, 7) is -0.297. The number of aliphatic imine (C=N–C) groups is 1. The Kier molecular flexibility index (Phi) is 3.15. The molecule has 2 aromatic carbocycles. The Balaban J connectivity index is 2.20. The van der Waals surface area contributed by atoms with Crippen molar-refractivity contribution in [3.8, 4) is 11.1 Å². The highest BCUT2D eigenvalue weighted by Gasteiger charge is 2.24. The van der Waals surface area contributed by atoms with Crippen LogP contribution in [0.15, 0.2) is 53.5 Å². The van der Waals surface area contributed by atoms with Crippen molar-refractivity contribution in [2.24, 2.45) is 4.99 Å². The summed E-state index contributed by atoms with van der Waals surface area (Å²) >= 11 is 0. The molecule has 19 heavy (non-hydrogen) atoms. The largest absolute Gasteiger partial charge is 0.394 e. The van der Waals surface area contributed by atoms with Gasteiger partial charge in [-0.3, -0.25) is 4.99 Å². The lowest BCUT2D eigenvalue weighted by Crippen LogP contribution is -2.18. The first kappa shape index (κ1) is 12.1. The second-order valence-corrected chi connectivity index (χ2v) is 4.59. The highest BCUT2D eigenvalue weighted by Crippen LogP contribution is 2.36. The molecule has 1 aliphatic carbocycles. The second-order valence-electron chi connectivity index (χ2n) is 4.59. The number of hydrogen-bond acceptors (Lipinski definition) is 3. The SMILES string of the molecule is OCC(CO)N=C1c2ccccc2-c2ccccc21. The Bertz CT molecular complexity index is 583. The molecule has 2 aromatic rings. The van der Waals surface area contributed by atoms with Crippen LogP contribution < -0.4 is 0 Å². The lowest BCUT2D eigenvalue weighted by Gasteiger charge is -2.08. The van der Waals surface area contributed by atoms with E-state index in [1.165, 1.54) is 0 Å². The number of aliphatic hydroxyl groups excluding tert-OH is 2. The van der Waals surface area contributed by atoms with E-state index in [9.17, 15) is 10.2 Å². The van der Waals surface area contributed by atoms with Crippen LogP contribution in [-0.2, 0) is 0 Å². The van der Waals surface area contributed by atoms with Crippen LogP contribution in [-0.4, -0.2) is 35.2 Å². The molecule has 0 aromatic heterocycles. The van der Waals surface area contributed by atoms with E-state index in [-0.39, 0.29) is 13.2 Å². The van der Waals surface area contributed by atoms with Gasteiger partial charge in [-0.2, -0.15) is 0 Å². The van der Waals surface area contributed by atoms with Gasteiger partial charge in [0.1, 0.15) is 0 Å². The molecule has 0 aliphatic heterocycles. The summed E-state index contributed by atoms with van der Waals surface area (Å²) in [5, 5.41) is 18.4. The van der Waals surface area contributed by atoms with E-state index in [2.05, 4.69) is 17.1 Å². The molecular formula is C16H15NO2. The molecule has 0 bridgehead atoms. The van der Waals surface area contributed by atoms with Gasteiger partial charge in [0.2, 0.25) is 0 Å². The highest BCUT2D eigenvalue weighted by molar-refractivity contribution is 6.24. The number of hydrogen-bond donors (Lipinski definition) is 2. The first-order valence-corrected chi connectivity index (χ1v) is 6.34. The van der Waals surface area contributed by atoms with E-state index in [1.54, 1.807) is 0 Å². The zero-order chi connectivity index (χ0) is 13.2. The monoisotopic (exact) mass is 253 g/mol. The minimum atomic E-state index is -0.464. The average molecular weight is 253 g/mol. The van der Waals surface area contributed by atoms with Crippen molar-refractivity contribution in [3.05, 3.63) is 59.7 Å². The quantitative estimate of drug-likeness (QED) is 0.748. The normalized spacial score (nSPS) is 12.5. The number of benzene rings is 2. The lowest BCUT2D eigenvalue weighted by molar-refractivity contribution is 0.195. The van der Waals surface area contributed by atoms with Crippen molar-refractivity contribution < 1.29 is 10.2 Å². The molecule has 0 saturated carbocycles. The molecule has 0 radical (unpaired) electrons. The Labute approximate surface area is 111 Å². The van der Waals surface area contributed by atoms with Gasteiger partial charge in [0.25, 0.3) is 0 Å². The van der Waals surface area contributed by atoms with Gasteiger partial charge >= 0.3 is 0 Å². The molecule has 1 aliphatic rings. The summed E-state index contributed by atoms with van der Waals surface area (Å²) in [6, 6.07) is 15.7. The smallest absolute Gasteiger partial charge is 0.0968 e. The third kappa shape index (κ3) is 1.97. The number of aliphatic hydroxyl groups is 2. The van der Waals surface area contributed by atoms with Gasteiger partial charge in [0.15, 0.2) is 0 Å². The molecule has 0 atom stereocenters. The molecular weight excluding hydrogens is 238 g/mol. The summed E-state index contributed by atoms with van der Waals surface area (Å²) in [6.07, 6.45) is 0. The van der Waals surface area contributed by atoms with Gasteiger partial charge in [-0.05, 0) is 11.1 Å². The molecule has 2 N–H and O–H groups in total. The Morgan fingerprint density at radius 2 is 1.16 bits per heavy atom. The molecule has 0 fully saturated rings. The fourth-order valence-corrected chi connectivity index (χ4v) is 2.46. The summed E-state index contributed by atoms with van der Waals surface area (Å²) in [7, 11) is 0. The zero-order valence-corrected chi connectivity index (χ0v) is 10.5. The number of fused-ring (bicyclic) bond motifs is 3. The molecule has 0 saturated heterocycles. The minimum Gasteiger partial charge on any atom is -0.394 e. The van der Waals surface area contributed by atoms with Gasteiger partial charge in [0, 0.05) is 11.1 Å². The van der Waals surface area contributed by atoms with Crippen LogP contribution in [0.1, 0.15) is 11.1 Å². The first-order valence-electron chi connectivity index (χ1n) is 6.34. The van der Waals surface area contributed by atoms with Gasteiger partial charge in [-0.15, -0.1) is 0 Å². The summed E-state index contributed by atoms with van der Waals surface area (Å²) in [5.74, 6) is 0.